The maximum atomic E-state index is 13.9. The zero-order valence-electron chi connectivity index (χ0n) is 26.4. The van der Waals surface area contributed by atoms with E-state index in [4.69, 9.17) is 15.5 Å². The third-order valence-electron chi connectivity index (χ3n) is 7.68. The number of pyridine rings is 2. The Bertz CT molecular complexity index is 1550. The predicted octanol–water partition coefficient (Wildman–Crippen LogP) is 4.98. The number of nitrogen functional groups attached to an aromatic ring is 1. The zero-order valence-corrected chi connectivity index (χ0v) is 27.2. The Morgan fingerprint density at radius 2 is 1.91 bits per heavy atom. The standard InChI is InChI=1S/C31H44N6O5S.H2/c1-19(2)42-29(39)36-14-12-21(13-15-36)22-16-23(28(38)35-43(40,41)25-11-9-10-24(32)33-25)27(34-26(22)30(4,5)6)37-18-20(3)17-31(37,7)8;/h9-12,16,19-20H,13-15,17-18H2,1-8H3,(H2,32,33)(H,35,38);1H/t20-;/m0./s1. The number of nitrogens with two attached hydrogens (primary N) is 1. The average molecular weight is 615 g/mol. The molecule has 0 aliphatic carbocycles. The lowest BCUT2D eigenvalue weighted by Gasteiger charge is -2.36. The Hall–Kier alpha value is -3.67. The van der Waals surface area contributed by atoms with Gasteiger partial charge in [0.05, 0.1) is 17.4 Å². The molecule has 2 aromatic heterocycles. The molecule has 12 heteroatoms. The topological polar surface area (TPSA) is 148 Å². The fourth-order valence-electron chi connectivity index (χ4n) is 5.82. The molecule has 2 aromatic rings. The van der Waals surface area contributed by atoms with Crippen molar-refractivity contribution in [3.8, 4) is 0 Å². The highest BCUT2D eigenvalue weighted by atomic mass is 32.2. The van der Waals surface area contributed by atoms with E-state index in [0.717, 1.165) is 23.3 Å². The summed E-state index contributed by atoms with van der Waals surface area (Å²) in [7, 11) is -4.32. The lowest BCUT2D eigenvalue weighted by molar-refractivity contribution is 0.0799. The molecule has 2 aliphatic rings. The predicted molar refractivity (Wildman–Crippen MR) is 169 cm³/mol. The van der Waals surface area contributed by atoms with Gasteiger partial charge in [-0.2, -0.15) is 8.42 Å². The molecule has 0 bridgehead atoms. The first-order valence-corrected chi connectivity index (χ1v) is 16.1. The van der Waals surface area contributed by atoms with E-state index in [2.05, 4.69) is 56.1 Å². The van der Waals surface area contributed by atoms with E-state index in [-0.39, 0.29) is 35.6 Å². The molecule has 0 spiro atoms. The number of rotatable bonds is 6. The molecule has 4 heterocycles. The highest BCUT2D eigenvalue weighted by Crippen LogP contribution is 2.41. The Kier molecular flexibility index (Phi) is 8.84. The SMILES string of the molecule is CC(C)OC(=O)N1CC=C(c2cc(C(=O)NS(=O)(=O)c3cccc(N)n3)c(N3C[C@@H](C)CC3(C)C)nc2C(C)(C)C)CC1.[HH]. The van der Waals surface area contributed by atoms with E-state index in [0.29, 0.717) is 37.8 Å². The quantitative estimate of drug-likeness (QED) is 0.460. The van der Waals surface area contributed by atoms with Gasteiger partial charge in [0.2, 0.25) is 0 Å². The summed E-state index contributed by atoms with van der Waals surface area (Å²) in [6.45, 7) is 17.6. The van der Waals surface area contributed by atoms with E-state index in [9.17, 15) is 18.0 Å². The molecule has 43 heavy (non-hydrogen) atoms. The number of nitrogens with zero attached hydrogens (tertiary/aromatic N) is 4. The van der Waals surface area contributed by atoms with Crippen molar-refractivity contribution < 1.29 is 24.2 Å². The summed E-state index contributed by atoms with van der Waals surface area (Å²) in [6.07, 6.45) is 2.77. The molecular formula is C31H46N6O5S. The fourth-order valence-corrected chi connectivity index (χ4v) is 6.76. The van der Waals surface area contributed by atoms with Crippen LogP contribution in [0, 0.1) is 5.92 Å². The summed E-state index contributed by atoms with van der Waals surface area (Å²) in [5, 5.41) is -0.347. The molecule has 11 nitrogen and oxygen atoms in total. The molecule has 4 rings (SSSR count). The fraction of sp³-hybridized carbons (Fsp3) is 0.548. The molecule has 1 atom stereocenters. The number of hydrogen-bond acceptors (Lipinski definition) is 9. The number of sulfonamides is 1. The van der Waals surface area contributed by atoms with Crippen LogP contribution in [0.2, 0.25) is 0 Å². The number of nitrogens with one attached hydrogen (secondary N) is 1. The Morgan fingerprint density at radius 1 is 1.21 bits per heavy atom. The van der Waals surface area contributed by atoms with E-state index in [1.165, 1.54) is 18.2 Å². The van der Waals surface area contributed by atoms with Crippen LogP contribution in [0.4, 0.5) is 16.4 Å². The van der Waals surface area contributed by atoms with Crippen molar-refractivity contribution in [3.63, 3.8) is 0 Å². The summed E-state index contributed by atoms with van der Waals surface area (Å²) in [5.41, 5.74) is 7.63. The minimum absolute atomic E-state index is 0. The van der Waals surface area contributed by atoms with Crippen LogP contribution in [0.15, 0.2) is 35.4 Å². The van der Waals surface area contributed by atoms with Crippen molar-refractivity contribution in [3.05, 3.63) is 47.2 Å². The number of carbonyl (C=O) groups excluding carboxylic acids is 2. The van der Waals surface area contributed by atoms with Crippen molar-refractivity contribution in [1.82, 2.24) is 19.6 Å². The molecule has 1 saturated heterocycles. The molecule has 236 valence electrons. The van der Waals surface area contributed by atoms with Crippen LogP contribution in [0.5, 0.6) is 0 Å². The van der Waals surface area contributed by atoms with Gasteiger partial charge in [-0.3, -0.25) is 4.79 Å². The van der Waals surface area contributed by atoms with Crippen molar-refractivity contribution in [2.24, 2.45) is 5.92 Å². The van der Waals surface area contributed by atoms with Gasteiger partial charge in [0.15, 0.2) is 5.03 Å². The number of amides is 2. The first-order chi connectivity index (χ1) is 19.9. The van der Waals surface area contributed by atoms with Gasteiger partial charge in [0, 0.05) is 37.6 Å². The average Bonchev–Trinajstić information content (AvgIpc) is 3.18. The number of anilines is 2. The van der Waals surface area contributed by atoms with E-state index in [1.54, 1.807) is 11.0 Å². The summed E-state index contributed by atoms with van der Waals surface area (Å²) in [4.78, 5) is 39.2. The first kappa shape index (κ1) is 32.2. The molecule has 0 radical (unpaired) electrons. The normalized spacial score (nSPS) is 18.9. The van der Waals surface area contributed by atoms with Gasteiger partial charge in [-0.15, -0.1) is 0 Å². The number of aromatic nitrogens is 2. The van der Waals surface area contributed by atoms with Crippen molar-refractivity contribution in [1.29, 1.82) is 0 Å². The Labute approximate surface area is 256 Å². The summed E-state index contributed by atoms with van der Waals surface area (Å²) in [5.74, 6) is 0.0123. The number of ether oxygens (including phenoxy) is 1. The highest BCUT2D eigenvalue weighted by Gasteiger charge is 2.40. The third kappa shape index (κ3) is 7.11. The monoisotopic (exact) mass is 614 g/mol. The van der Waals surface area contributed by atoms with Gasteiger partial charge >= 0.3 is 6.09 Å². The second-order valence-electron chi connectivity index (χ2n) is 13.4. The molecule has 2 aliphatic heterocycles. The first-order valence-electron chi connectivity index (χ1n) is 14.7. The lowest BCUT2D eigenvalue weighted by atomic mass is 9.83. The zero-order chi connectivity index (χ0) is 31.9. The van der Waals surface area contributed by atoms with E-state index < -0.39 is 21.3 Å². The van der Waals surface area contributed by atoms with Gasteiger partial charge in [-0.1, -0.05) is 39.8 Å². The second kappa shape index (κ2) is 11.8. The van der Waals surface area contributed by atoms with Crippen LogP contribution in [-0.4, -0.2) is 66.6 Å². The molecule has 1 fully saturated rings. The molecule has 3 N–H and O–H groups in total. The molecule has 0 saturated carbocycles. The van der Waals surface area contributed by atoms with Crippen LogP contribution >= 0.6 is 0 Å². The van der Waals surface area contributed by atoms with E-state index in [1.807, 2.05) is 19.9 Å². The van der Waals surface area contributed by atoms with Gasteiger partial charge in [-0.25, -0.2) is 19.5 Å². The van der Waals surface area contributed by atoms with Gasteiger partial charge in [-0.05, 0) is 70.2 Å². The highest BCUT2D eigenvalue weighted by molar-refractivity contribution is 7.90. The van der Waals surface area contributed by atoms with Gasteiger partial charge < -0.3 is 20.3 Å². The Balaban J connectivity index is 0.00000529. The summed E-state index contributed by atoms with van der Waals surface area (Å²) in [6, 6.07) is 5.98. The smallest absolute Gasteiger partial charge is 0.410 e. The van der Waals surface area contributed by atoms with E-state index >= 15 is 0 Å². The van der Waals surface area contributed by atoms with Crippen LogP contribution in [0.1, 0.15) is 91.3 Å². The molecule has 2 amide bonds. The van der Waals surface area contributed by atoms with Gasteiger partial charge in [0.25, 0.3) is 15.9 Å². The maximum absolute atomic E-state index is 13.9. The van der Waals surface area contributed by atoms with Crippen molar-refractivity contribution >= 4 is 39.2 Å². The van der Waals surface area contributed by atoms with Crippen LogP contribution < -0.4 is 15.4 Å². The molecule has 0 aromatic carbocycles. The second-order valence-corrected chi connectivity index (χ2v) is 15.1. The largest absolute Gasteiger partial charge is 0.447 e. The summed E-state index contributed by atoms with van der Waals surface area (Å²) < 4.78 is 34.0. The van der Waals surface area contributed by atoms with Crippen LogP contribution in [-0.2, 0) is 20.2 Å². The maximum Gasteiger partial charge on any atom is 0.410 e. The molecular weight excluding hydrogens is 568 g/mol. The lowest BCUT2D eigenvalue weighted by Crippen LogP contribution is -2.41. The minimum Gasteiger partial charge on any atom is -0.447 e. The molecule has 0 unspecified atom stereocenters. The number of carbonyl (C=O) groups is 2. The summed E-state index contributed by atoms with van der Waals surface area (Å²) >= 11 is 0. The van der Waals surface area contributed by atoms with Crippen LogP contribution in [0.25, 0.3) is 5.57 Å². The minimum atomic E-state index is -4.32. The number of hydrogen-bond donors (Lipinski definition) is 2. The van der Waals surface area contributed by atoms with Crippen molar-refractivity contribution in [2.45, 2.75) is 90.3 Å². The third-order valence-corrected chi connectivity index (χ3v) is 8.92. The Morgan fingerprint density at radius 3 is 2.44 bits per heavy atom. The van der Waals surface area contributed by atoms with Crippen molar-refractivity contribution in [2.75, 3.05) is 30.3 Å². The van der Waals surface area contributed by atoms with Gasteiger partial charge in [0.1, 0.15) is 11.6 Å². The van der Waals surface area contributed by atoms with Crippen LogP contribution in [0.3, 0.4) is 0 Å².